The third kappa shape index (κ3) is 2.30. The number of carbonyl (C=O) groups is 1. The Hall–Kier alpha value is -2.90. The van der Waals surface area contributed by atoms with E-state index in [0.29, 0.717) is 5.52 Å². The van der Waals surface area contributed by atoms with Gasteiger partial charge in [-0.05, 0) is 12.1 Å². The molecule has 1 amide bonds. The number of pyridine rings is 1. The summed E-state index contributed by atoms with van der Waals surface area (Å²) in [5, 5.41) is 11.3. The standard InChI is InChI=1S/C12H11N3O5/c1-14(2)12(17)20-10-7-5-3-4-6-8(7)13-11(16)9(10)15(18)19/h3-6H,1-2H3,(H,13,16). The topological polar surface area (TPSA) is 106 Å². The molecule has 0 radical (unpaired) electrons. The minimum atomic E-state index is -0.921. The fraction of sp³-hybridized carbons (Fsp3) is 0.167. The lowest BCUT2D eigenvalue weighted by molar-refractivity contribution is -0.386. The van der Waals surface area contributed by atoms with Crippen molar-refractivity contribution in [3.63, 3.8) is 0 Å². The van der Waals surface area contributed by atoms with Gasteiger partial charge in [-0.1, -0.05) is 12.1 Å². The number of nitrogens with zero attached hydrogens (tertiary/aromatic N) is 2. The average molecular weight is 277 g/mol. The molecule has 8 heteroatoms. The van der Waals surface area contributed by atoms with Crippen LogP contribution in [-0.2, 0) is 0 Å². The first-order valence-corrected chi connectivity index (χ1v) is 5.60. The molecule has 0 saturated heterocycles. The average Bonchev–Trinajstić information content (AvgIpc) is 2.37. The molecule has 20 heavy (non-hydrogen) atoms. The molecular formula is C12H11N3O5. The first-order chi connectivity index (χ1) is 9.41. The second kappa shape index (κ2) is 5.00. The molecule has 0 aliphatic rings. The predicted molar refractivity (Wildman–Crippen MR) is 70.9 cm³/mol. The molecule has 0 aliphatic heterocycles. The summed E-state index contributed by atoms with van der Waals surface area (Å²) in [7, 11) is 2.87. The normalized spacial score (nSPS) is 10.3. The van der Waals surface area contributed by atoms with Crippen LogP contribution in [0.15, 0.2) is 29.1 Å². The quantitative estimate of drug-likeness (QED) is 0.661. The highest BCUT2D eigenvalue weighted by molar-refractivity contribution is 5.90. The number of aromatic amines is 1. The van der Waals surface area contributed by atoms with Crippen LogP contribution in [0, 0.1) is 10.1 Å². The molecule has 1 aromatic carbocycles. The number of fused-ring (bicyclic) bond motifs is 1. The number of H-pyrrole nitrogens is 1. The number of hydrogen-bond donors (Lipinski definition) is 1. The largest absolute Gasteiger partial charge is 0.414 e. The molecule has 2 aromatic rings. The van der Waals surface area contributed by atoms with Crippen molar-refractivity contribution in [1.29, 1.82) is 0 Å². The third-order valence-corrected chi connectivity index (χ3v) is 2.59. The molecule has 0 atom stereocenters. The van der Waals surface area contributed by atoms with Crippen molar-refractivity contribution in [1.82, 2.24) is 9.88 Å². The molecule has 0 unspecified atom stereocenters. The number of ether oxygens (including phenoxy) is 1. The Morgan fingerprint density at radius 2 is 2.00 bits per heavy atom. The highest BCUT2D eigenvalue weighted by atomic mass is 16.6. The highest BCUT2D eigenvalue weighted by Crippen LogP contribution is 2.31. The number of hydrogen-bond acceptors (Lipinski definition) is 5. The lowest BCUT2D eigenvalue weighted by atomic mass is 10.2. The van der Waals surface area contributed by atoms with Crippen LogP contribution in [0.2, 0.25) is 0 Å². The van der Waals surface area contributed by atoms with E-state index >= 15 is 0 Å². The van der Waals surface area contributed by atoms with E-state index in [1.54, 1.807) is 18.2 Å². The Morgan fingerprint density at radius 1 is 1.35 bits per heavy atom. The summed E-state index contributed by atoms with van der Waals surface area (Å²) < 4.78 is 4.99. The Kier molecular flexibility index (Phi) is 3.38. The van der Waals surface area contributed by atoms with Gasteiger partial charge in [0.2, 0.25) is 5.75 Å². The molecule has 1 N–H and O–H groups in total. The molecule has 1 aromatic heterocycles. The lowest BCUT2D eigenvalue weighted by Crippen LogP contribution is -2.26. The number of rotatable bonds is 2. The van der Waals surface area contributed by atoms with Crippen molar-refractivity contribution in [2.75, 3.05) is 14.1 Å². The Morgan fingerprint density at radius 3 is 2.60 bits per heavy atom. The number of amides is 1. The molecule has 0 spiro atoms. The highest BCUT2D eigenvalue weighted by Gasteiger charge is 2.26. The minimum absolute atomic E-state index is 0.286. The monoisotopic (exact) mass is 277 g/mol. The molecule has 0 saturated carbocycles. The molecule has 104 valence electrons. The van der Waals surface area contributed by atoms with Gasteiger partial charge in [-0.25, -0.2) is 4.79 Å². The van der Waals surface area contributed by atoms with Crippen molar-refractivity contribution < 1.29 is 14.5 Å². The van der Waals surface area contributed by atoms with Gasteiger partial charge in [0.15, 0.2) is 0 Å². The van der Waals surface area contributed by atoms with E-state index < -0.39 is 22.3 Å². The number of nitrogens with one attached hydrogen (secondary N) is 1. The summed E-state index contributed by atoms with van der Waals surface area (Å²) in [4.78, 5) is 37.0. The summed E-state index contributed by atoms with van der Waals surface area (Å²) in [5.74, 6) is -0.354. The summed E-state index contributed by atoms with van der Waals surface area (Å²) in [6.45, 7) is 0. The maximum Gasteiger partial charge on any atom is 0.414 e. The van der Waals surface area contributed by atoms with Crippen LogP contribution in [0.3, 0.4) is 0 Å². The van der Waals surface area contributed by atoms with Crippen molar-refractivity contribution in [2.45, 2.75) is 0 Å². The zero-order valence-corrected chi connectivity index (χ0v) is 10.7. The van der Waals surface area contributed by atoms with Crippen molar-refractivity contribution in [3.8, 4) is 5.75 Å². The minimum Gasteiger partial charge on any atom is -0.402 e. The van der Waals surface area contributed by atoms with Gasteiger partial charge in [-0.3, -0.25) is 14.9 Å². The van der Waals surface area contributed by atoms with Crippen LogP contribution >= 0.6 is 0 Å². The van der Waals surface area contributed by atoms with E-state index in [1.807, 2.05) is 0 Å². The van der Waals surface area contributed by atoms with Crippen molar-refractivity contribution >= 4 is 22.7 Å². The first-order valence-electron chi connectivity index (χ1n) is 5.60. The van der Waals surface area contributed by atoms with Crippen LogP contribution in [0.5, 0.6) is 5.75 Å². The van der Waals surface area contributed by atoms with E-state index in [0.717, 1.165) is 4.90 Å². The van der Waals surface area contributed by atoms with Gasteiger partial charge in [0.25, 0.3) is 0 Å². The number of carbonyl (C=O) groups excluding carboxylic acids is 1. The number of benzene rings is 1. The molecular weight excluding hydrogens is 266 g/mol. The number of para-hydroxylation sites is 1. The Labute approximate surface area is 112 Å². The molecule has 0 aliphatic carbocycles. The lowest BCUT2D eigenvalue weighted by Gasteiger charge is -2.12. The maximum absolute atomic E-state index is 11.7. The maximum atomic E-state index is 11.7. The van der Waals surface area contributed by atoms with E-state index in [-0.39, 0.29) is 11.1 Å². The van der Waals surface area contributed by atoms with Gasteiger partial charge < -0.3 is 14.6 Å². The molecule has 0 fully saturated rings. The number of nitro groups is 1. The predicted octanol–water partition coefficient (Wildman–Crippen LogP) is 1.50. The van der Waals surface area contributed by atoms with Gasteiger partial charge in [0, 0.05) is 19.5 Å². The van der Waals surface area contributed by atoms with Crippen LogP contribution in [0.1, 0.15) is 0 Å². The Balaban J connectivity index is 2.76. The van der Waals surface area contributed by atoms with E-state index in [2.05, 4.69) is 4.98 Å². The smallest absolute Gasteiger partial charge is 0.402 e. The van der Waals surface area contributed by atoms with Gasteiger partial charge in [0.05, 0.1) is 10.4 Å². The van der Waals surface area contributed by atoms with E-state index in [4.69, 9.17) is 4.74 Å². The zero-order valence-electron chi connectivity index (χ0n) is 10.7. The summed E-state index contributed by atoms with van der Waals surface area (Å²) in [6.07, 6.45) is -0.802. The van der Waals surface area contributed by atoms with Crippen LogP contribution < -0.4 is 10.3 Å². The van der Waals surface area contributed by atoms with Gasteiger partial charge in [-0.2, -0.15) is 0 Å². The molecule has 2 rings (SSSR count). The fourth-order valence-electron chi connectivity index (χ4n) is 1.65. The number of aromatic nitrogens is 1. The SMILES string of the molecule is CN(C)C(=O)Oc1c([N+](=O)[O-])c(=O)[nH]c2ccccc12. The van der Waals surface area contributed by atoms with Gasteiger partial charge in [0.1, 0.15) is 0 Å². The van der Waals surface area contributed by atoms with Crippen molar-refractivity contribution in [2.24, 2.45) is 0 Å². The van der Waals surface area contributed by atoms with Crippen LogP contribution in [0.25, 0.3) is 10.9 Å². The Bertz CT molecular complexity index is 750. The zero-order chi connectivity index (χ0) is 14.9. The second-order valence-corrected chi connectivity index (χ2v) is 4.20. The molecule has 1 heterocycles. The summed E-state index contributed by atoms with van der Waals surface area (Å²) >= 11 is 0. The van der Waals surface area contributed by atoms with Crippen molar-refractivity contribution in [3.05, 3.63) is 44.7 Å². The van der Waals surface area contributed by atoms with E-state index in [9.17, 15) is 19.7 Å². The molecule has 0 bridgehead atoms. The second-order valence-electron chi connectivity index (χ2n) is 4.20. The third-order valence-electron chi connectivity index (χ3n) is 2.59. The summed E-state index contributed by atoms with van der Waals surface area (Å²) in [5.41, 5.74) is -1.36. The van der Waals surface area contributed by atoms with E-state index in [1.165, 1.54) is 20.2 Å². The first kappa shape index (κ1) is 13.5. The van der Waals surface area contributed by atoms with Crippen LogP contribution in [-0.4, -0.2) is 35.0 Å². The summed E-state index contributed by atoms with van der Waals surface area (Å²) in [6, 6.07) is 6.36. The molecule has 8 nitrogen and oxygen atoms in total. The van der Waals surface area contributed by atoms with Crippen LogP contribution in [0.4, 0.5) is 10.5 Å². The van der Waals surface area contributed by atoms with Gasteiger partial charge >= 0.3 is 17.3 Å². The fourth-order valence-corrected chi connectivity index (χ4v) is 1.65. The van der Waals surface area contributed by atoms with Gasteiger partial charge in [-0.15, -0.1) is 0 Å².